The van der Waals surface area contributed by atoms with Crippen molar-refractivity contribution in [3.63, 3.8) is 0 Å². The number of halogens is 3. The number of hydrogen-bond acceptors (Lipinski definition) is 3. The number of urea groups is 1. The fraction of sp³-hybridized carbons (Fsp3) is 0.938. The molecule has 3 fully saturated rings. The number of carbonyl (C=O) groups is 1. The molecule has 5 nitrogen and oxygen atoms in total. The number of fused-ring (bicyclic) bond motifs is 2. The molecular weight excluding hydrogens is 323 g/mol. The Balaban J connectivity index is 1.43. The van der Waals surface area contributed by atoms with Crippen molar-refractivity contribution in [1.29, 1.82) is 0 Å². The number of alkyl halides is 3. The number of nitrogens with one attached hydrogen (secondary N) is 1. The van der Waals surface area contributed by atoms with Crippen molar-refractivity contribution < 1.29 is 22.7 Å². The SMILES string of the molecule is CCN(C[C@H]1CCN(C(=O)N[C@H]2C[C@H]3CC[C@H]2O3)C1)CC(F)(F)F. The Morgan fingerprint density at radius 1 is 1.33 bits per heavy atom. The third-order valence-corrected chi connectivity index (χ3v) is 5.35. The molecule has 0 spiro atoms. The molecule has 0 radical (unpaired) electrons. The van der Waals surface area contributed by atoms with Gasteiger partial charge in [-0.3, -0.25) is 4.90 Å². The van der Waals surface area contributed by atoms with Gasteiger partial charge in [-0.1, -0.05) is 6.92 Å². The first-order chi connectivity index (χ1) is 11.3. The molecule has 0 unspecified atom stereocenters. The number of rotatable bonds is 5. The molecule has 3 rings (SSSR count). The summed E-state index contributed by atoms with van der Waals surface area (Å²) < 4.78 is 43.4. The van der Waals surface area contributed by atoms with Crippen LogP contribution in [0.2, 0.25) is 0 Å². The van der Waals surface area contributed by atoms with E-state index in [1.807, 2.05) is 0 Å². The fourth-order valence-electron chi connectivity index (χ4n) is 4.13. The standard InChI is InChI=1S/C16H26F3N3O2/c1-2-21(10-16(17,18)19)8-11-5-6-22(9-11)15(23)20-13-7-12-3-4-14(13)24-12/h11-14H,2-10H2,1H3,(H,20,23)/t11-,12-,13+,14-/m1/s1. The van der Waals surface area contributed by atoms with E-state index in [0.717, 1.165) is 25.7 Å². The summed E-state index contributed by atoms with van der Waals surface area (Å²) in [5.41, 5.74) is 0. The molecule has 3 saturated heterocycles. The Bertz CT molecular complexity index is 460. The van der Waals surface area contributed by atoms with Crippen molar-refractivity contribution in [2.24, 2.45) is 5.92 Å². The fourth-order valence-corrected chi connectivity index (χ4v) is 4.13. The predicted molar refractivity (Wildman–Crippen MR) is 82.7 cm³/mol. The van der Waals surface area contributed by atoms with Crippen molar-refractivity contribution in [3.8, 4) is 0 Å². The highest BCUT2D eigenvalue weighted by Crippen LogP contribution is 2.34. The van der Waals surface area contributed by atoms with Gasteiger partial charge in [0, 0.05) is 19.6 Å². The van der Waals surface area contributed by atoms with Crippen LogP contribution >= 0.6 is 0 Å². The van der Waals surface area contributed by atoms with E-state index < -0.39 is 12.7 Å². The van der Waals surface area contributed by atoms with E-state index in [4.69, 9.17) is 4.74 Å². The zero-order chi connectivity index (χ0) is 17.3. The molecule has 138 valence electrons. The highest BCUT2D eigenvalue weighted by atomic mass is 19.4. The Morgan fingerprint density at radius 3 is 2.71 bits per heavy atom. The third-order valence-electron chi connectivity index (χ3n) is 5.35. The Morgan fingerprint density at radius 2 is 2.12 bits per heavy atom. The number of ether oxygens (including phenoxy) is 1. The van der Waals surface area contributed by atoms with Gasteiger partial charge >= 0.3 is 12.2 Å². The monoisotopic (exact) mass is 349 g/mol. The van der Waals surface area contributed by atoms with Gasteiger partial charge in [0.15, 0.2) is 0 Å². The summed E-state index contributed by atoms with van der Waals surface area (Å²) in [6.07, 6.45) is -0.0340. The highest BCUT2D eigenvalue weighted by Gasteiger charge is 2.42. The van der Waals surface area contributed by atoms with Gasteiger partial charge in [0.1, 0.15) is 0 Å². The van der Waals surface area contributed by atoms with Crippen molar-refractivity contribution in [3.05, 3.63) is 0 Å². The van der Waals surface area contributed by atoms with Crippen LogP contribution in [-0.2, 0) is 4.74 Å². The van der Waals surface area contributed by atoms with Crippen LogP contribution in [0.15, 0.2) is 0 Å². The lowest BCUT2D eigenvalue weighted by molar-refractivity contribution is -0.146. The van der Waals surface area contributed by atoms with Gasteiger partial charge in [0.2, 0.25) is 0 Å². The minimum absolute atomic E-state index is 0.0904. The molecular formula is C16H26F3N3O2. The third kappa shape index (κ3) is 4.33. The van der Waals surface area contributed by atoms with Gasteiger partial charge in [-0.05, 0) is 38.1 Å². The minimum atomic E-state index is -4.17. The predicted octanol–water partition coefficient (Wildman–Crippen LogP) is 2.22. The van der Waals surface area contributed by atoms with Crippen molar-refractivity contribution >= 4 is 6.03 Å². The second-order valence-electron chi connectivity index (χ2n) is 7.21. The molecule has 24 heavy (non-hydrogen) atoms. The minimum Gasteiger partial charge on any atom is -0.373 e. The summed E-state index contributed by atoms with van der Waals surface area (Å²) in [5, 5.41) is 3.05. The van der Waals surface area contributed by atoms with Crippen LogP contribution in [0, 0.1) is 5.92 Å². The van der Waals surface area contributed by atoms with Gasteiger partial charge < -0.3 is 15.0 Å². The summed E-state index contributed by atoms with van der Waals surface area (Å²) >= 11 is 0. The van der Waals surface area contributed by atoms with Crippen molar-refractivity contribution in [1.82, 2.24) is 15.1 Å². The topological polar surface area (TPSA) is 44.8 Å². The lowest BCUT2D eigenvalue weighted by Gasteiger charge is -2.26. The van der Waals surface area contributed by atoms with Crippen LogP contribution in [-0.4, -0.2) is 73.0 Å². The maximum absolute atomic E-state index is 12.5. The highest BCUT2D eigenvalue weighted by molar-refractivity contribution is 5.75. The maximum Gasteiger partial charge on any atom is 0.401 e. The van der Waals surface area contributed by atoms with Crippen LogP contribution in [0.5, 0.6) is 0 Å². The van der Waals surface area contributed by atoms with E-state index in [-0.39, 0.29) is 30.2 Å². The first-order valence-corrected chi connectivity index (χ1v) is 8.84. The van der Waals surface area contributed by atoms with E-state index in [2.05, 4.69) is 5.32 Å². The molecule has 1 N–H and O–H groups in total. The summed E-state index contributed by atoms with van der Waals surface area (Å²) in [6.45, 7) is 2.75. The Kier molecular flexibility index (Phi) is 5.24. The first-order valence-electron chi connectivity index (χ1n) is 8.84. The zero-order valence-electron chi connectivity index (χ0n) is 14.0. The average Bonchev–Trinajstić information content (AvgIpc) is 3.21. The summed E-state index contributed by atoms with van der Waals surface area (Å²) in [7, 11) is 0. The molecule has 3 heterocycles. The summed E-state index contributed by atoms with van der Waals surface area (Å²) in [4.78, 5) is 15.5. The number of hydrogen-bond donors (Lipinski definition) is 1. The molecule has 2 bridgehead atoms. The molecule has 3 aliphatic heterocycles. The van der Waals surface area contributed by atoms with Crippen molar-refractivity contribution in [2.75, 3.05) is 32.7 Å². The number of carbonyl (C=O) groups excluding carboxylic acids is 1. The molecule has 0 saturated carbocycles. The largest absolute Gasteiger partial charge is 0.401 e. The van der Waals surface area contributed by atoms with E-state index in [1.54, 1.807) is 11.8 Å². The lowest BCUT2D eigenvalue weighted by atomic mass is 9.96. The van der Waals surface area contributed by atoms with Gasteiger partial charge in [-0.2, -0.15) is 13.2 Å². The number of amides is 2. The van der Waals surface area contributed by atoms with Crippen LogP contribution in [0.3, 0.4) is 0 Å². The number of likely N-dealkylation sites (tertiary alicyclic amines) is 1. The van der Waals surface area contributed by atoms with Gasteiger partial charge in [0.05, 0.1) is 24.8 Å². The average molecular weight is 349 g/mol. The van der Waals surface area contributed by atoms with E-state index in [1.165, 1.54) is 4.90 Å². The van der Waals surface area contributed by atoms with Crippen LogP contribution in [0.25, 0.3) is 0 Å². The smallest absolute Gasteiger partial charge is 0.373 e. The quantitative estimate of drug-likeness (QED) is 0.828. The van der Waals surface area contributed by atoms with E-state index in [9.17, 15) is 18.0 Å². The second kappa shape index (κ2) is 7.07. The molecule has 3 aliphatic rings. The Labute approximate surface area is 140 Å². The van der Waals surface area contributed by atoms with Crippen LogP contribution in [0.4, 0.5) is 18.0 Å². The molecule has 2 amide bonds. The van der Waals surface area contributed by atoms with Crippen molar-refractivity contribution in [2.45, 2.75) is 57.0 Å². The molecule has 0 aliphatic carbocycles. The lowest BCUT2D eigenvalue weighted by Crippen LogP contribution is -2.47. The Hall–Kier alpha value is -1.02. The van der Waals surface area contributed by atoms with E-state index >= 15 is 0 Å². The number of nitrogens with zero attached hydrogens (tertiary/aromatic N) is 2. The van der Waals surface area contributed by atoms with Gasteiger partial charge in [0.25, 0.3) is 0 Å². The van der Waals surface area contributed by atoms with E-state index in [0.29, 0.717) is 26.2 Å². The molecule has 0 aromatic rings. The van der Waals surface area contributed by atoms with Crippen LogP contribution in [0.1, 0.15) is 32.6 Å². The maximum atomic E-state index is 12.5. The van der Waals surface area contributed by atoms with Crippen LogP contribution < -0.4 is 5.32 Å². The molecule has 0 aromatic heterocycles. The molecule has 8 heteroatoms. The van der Waals surface area contributed by atoms with Gasteiger partial charge in [-0.25, -0.2) is 4.79 Å². The normalized spacial score (nSPS) is 32.8. The first kappa shape index (κ1) is 17.8. The molecule has 0 aromatic carbocycles. The van der Waals surface area contributed by atoms with Gasteiger partial charge in [-0.15, -0.1) is 0 Å². The zero-order valence-corrected chi connectivity index (χ0v) is 14.0. The summed E-state index contributed by atoms with van der Waals surface area (Å²) in [5.74, 6) is 0.106. The second-order valence-corrected chi connectivity index (χ2v) is 7.21. The summed E-state index contributed by atoms with van der Waals surface area (Å²) in [6, 6.07) is -0.00908. The molecule has 4 atom stereocenters.